The van der Waals surface area contributed by atoms with Gasteiger partial charge in [0, 0.05) is 24.7 Å². The number of fused-ring (bicyclic) bond motifs is 1. The summed E-state index contributed by atoms with van der Waals surface area (Å²) in [6, 6.07) is 18.5. The number of pyridine rings is 1. The van der Waals surface area contributed by atoms with Crippen LogP contribution in [-0.4, -0.2) is 27.0 Å². The van der Waals surface area contributed by atoms with Crippen LogP contribution >= 0.6 is 0 Å². The van der Waals surface area contributed by atoms with Gasteiger partial charge in [-0.05, 0) is 90.7 Å². The smallest absolute Gasteiger partial charge is 0.255 e. The Morgan fingerprint density at radius 2 is 1.76 bits per heavy atom. The fraction of sp³-hybridized carbons (Fsp3) is 0.161. The van der Waals surface area contributed by atoms with Gasteiger partial charge in [-0.15, -0.1) is 0 Å². The molecule has 2 heterocycles. The van der Waals surface area contributed by atoms with Gasteiger partial charge in [-0.3, -0.25) is 4.79 Å². The SMILES string of the molecule is CC(C)Oc1cc(CNc2ncccc2C(=O)NCc2ccc(F)c(F)c2)cc(-c2ccc3ncnc(N)c3c2)c1. The first-order chi connectivity index (χ1) is 19.8. The molecule has 5 aromatic rings. The van der Waals surface area contributed by atoms with E-state index < -0.39 is 17.5 Å². The highest BCUT2D eigenvalue weighted by Crippen LogP contribution is 2.30. The lowest BCUT2D eigenvalue weighted by Gasteiger charge is -2.16. The van der Waals surface area contributed by atoms with Crippen molar-refractivity contribution in [1.29, 1.82) is 0 Å². The third kappa shape index (κ3) is 6.55. The molecule has 0 atom stereocenters. The average Bonchev–Trinajstić information content (AvgIpc) is 2.96. The van der Waals surface area contributed by atoms with Crippen LogP contribution < -0.4 is 21.1 Å². The van der Waals surface area contributed by atoms with Crippen LogP contribution in [-0.2, 0) is 13.1 Å². The van der Waals surface area contributed by atoms with Gasteiger partial charge in [-0.25, -0.2) is 23.7 Å². The van der Waals surface area contributed by atoms with Gasteiger partial charge in [-0.1, -0.05) is 12.1 Å². The lowest BCUT2D eigenvalue weighted by atomic mass is 10.0. The number of ether oxygens (including phenoxy) is 1. The largest absolute Gasteiger partial charge is 0.491 e. The summed E-state index contributed by atoms with van der Waals surface area (Å²) in [4.78, 5) is 25.7. The number of benzene rings is 3. The van der Waals surface area contributed by atoms with E-state index in [2.05, 4.69) is 25.6 Å². The first-order valence-corrected chi connectivity index (χ1v) is 13.0. The molecule has 8 nitrogen and oxygen atoms in total. The number of carbonyl (C=O) groups is 1. The fourth-order valence-corrected chi connectivity index (χ4v) is 4.37. The fourth-order valence-electron chi connectivity index (χ4n) is 4.37. The van der Waals surface area contributed by atoms with Gasteiger partial charge < -0.3 is 21.1 Å². The van der Waals surface area contributed by atoms with E-state index in [1.54, 1.807) is 18.3 Å². The molecule has 0 saturated heterocycles. The maximum absolute atomic E-state index is 13.5. The Bertz CT molecular complexity index is 1730. The van der Waals surface area contributed by atoms with Gasteiger partial charge in [0.05, 0.1) is 17.2 Å². The Morgan fingerprint density at radius 3 is 2.56 bits per heavy atom. The molecule has 0 aliphatic rings. The highest BCUT2D eigenvalue weighted by molar-refractivity contribution is 5.98. The minimum Gasteiger partial charge on any atom is -0.491 e. The number of hydrogen-bond acceptors (Lipinski definition) is 7. The van der Waals surface area contributed by atoms with Gasteiger partial charge in [0.2, 0.25) is 0 Å². The Labute approximate surface area is 235 Å². The van der Waals surface area contributed by atoms with Gasteiger partial charge in [0.25, 0.3) is 5.91 Å². The lowest BCUT2D eigenvalue weighted by molar-refractivity contribution is 0.0951. The number of nitrogens with zero attached hydrogens (tertiary/aromatic N) is 3. The van der Waals surface area contributed by atoms with E-state index >= 15 is 0 Å². The van der Waals surface area contributed by atoms with Crippen LogP contribution in [0.5, 0.6) is 5.75 Å². The maximum Gasteiger partial charge on any atom is 0.255 e. The molecule has 3 aromatic carbocycles. The Hall–Kier alpha value is -5.12. The van der Waals surface area contributed by atoms with Crippen molar-refractivity contribution >= 4 is 28.4 Å². The van der Waals surface area contributed by atoms with Crippen molar-refractivity contribution < 1.29 is 18.3 Å². The molecule has 0 bridgehead atoms. The molecular formula is C31H28F2N6O2. The molecule has 41 heavy (non-hydrogen) atoms. The summed E-state index contributed by atoms with van der Waals surface area (Å²) in [7, 11) is 0. The zero-order valence-electron chi connectivity index (χ0n) is 22.5. The number of halogens is 2. The highest BCUT2D eigenvalue weighted by atomic mass is 19.2. The van der Waals surface area contributed by atoms with Gasteiger partial charge >= 0.3 is 0 Å². The van der Waals surface area contributed by atoms with Gasteiger partial charge in [0.1, 0.15) is 23.7 Å². The third-order valence-corrected chi connectivity index (χ3v) is 6.29. The number of anilines is 2. The Balaban J connectivity index is 1.37. The molecule has 4 N–H and O–H groups in total. The molecule has 0 aliphatic heterocycles. The summed E-state index contributed by atoms with van der Waals surface area (Å²) in [5.74, 6) is -0.842. The summed E-state index contributed by atoms with van der Waals surface area (Å²) in [5, 5.41) is 6.74. The standard InChI is InChI=1S/C31H28F2N6O2/c1-18(2)41-23-11-20(10-22(13-23)21-6-8-28-25(14-21)29(34)39-17-38-28)16-36-30-24(4-3-9-35-30)31(40)37-15-19-5-7-26(32)27(33)12-19/h3-14,17-18H,15-16H2,1-2H3,(H,35,36)(H,37,40)(H2,34,38,39). The average molecular weight is 555 g/mol. The first kappa shape index (κ1) is 27.4. The topological polar surface area (TPSA) is 115 Å². The molecule has 5 rings (SSSR count). The number of rotatable bonds is 9. The summed E-state index contributed by atoms with van der Waals surface area (Å²) >= 11 is 0. The second kappa shape index (κ2) is 12.0. The van der Waals surface area contributed by atoms with E-state index in [0.717, 1.165) is 39.7 Å². The second-order valence-corrected chi connectivity index (χ2v) is 9.71. The number of carbonyl (C=O) groups excluding carboxylic acids is 1. The van der Waals surface area contributed by atoms with E-state index in [4.69, 9.17) is 10.5 Å². The molecule has 2 aromatic heterocycles. The molecule has 0 spiro atoms. The monoisotopic (exact) mass is 554 g/mol. The van der Waals surface area contributed by atoms with Crippen molar-refractivity contribution in [3.63, 3.8) is 0 Å². The van der Waals surface area contributed by atoms with Crippen LogP contribution in [0.2, 0.25) is 0 Å². The highest BCUT2D eigenvalue weighted by Gasteiger charge is 2.14. The summed E-state index contributed by atoms with van der Waals surface area (Å²) in [5.41, 5.74) is 10.3. The zero-order valence-corrected chi connectivity index (χ0v) is 22.5. The van der Waals surface area contributed by atoms with E-state index in [1.165, 1.54) is 12.4 Å². The molecule has 208 valence electrons. The predicted molar refractivity (Wildman–Crippen MR) is 154 cm³/mol. The van der Waals surface area contributed by atoms with Crippen LogP contribution in [0.3, 0.4) is 0 Å². The molecule has 0 radical (unpaired) electrons. The Morgan fingerprint density at radius 1 is 0.902 bits per heavy atom. The van der Waals surface area contributed by atoms with Crippen molar-refractivity contribution in [2.45, 2.75) is 33.0 Å². The quantitative estimate of drug-likeness (QED) is 0.208. The molecule has 10 heteroatoms. The molecule has 0 aliphatic carbocycles. The van der Waals surface area contributed by atoms with Crippen molar-refractivity contribution in [3.05, 3.63) is 108 Å². The normalized spacial score (nSPS) is 11.0. The number of nitrogens with one attached hydrogen (secondary N) is 2. The summed E-state index contributed by atoms with van der Waals surface area (Å²) < 4.78 is 32.8. The number of nitrogens with two attached hydrogens (primary N) is 1. The Kier molecular flexibility index (Phi) is 8.00. The number of hydrogen-bond donors (Lipinski definition) is 3. The van der Waals surface area contributed by atoms with Gasteiger partial charge in [-0.2, -0.15) is 0 Å². The molecule has 1 amide bonds. The van der Waals surface area contributed by atoms with Crippen LogP contribution in [0.4, 0.5) is 20.4 Å². The molecule has 0 saturated carbocycles. The van der Waals surface area contributed by atoms with Crippen molar-refractivity contribution in [3.8, 4) is 16.9 Å². The molecule has 0 unspecified atom stereocenters. The van der Waals surface area contributed by atoms with E-state index in [1.807, 2.05) is 50.2 Å². The number of aromatic nitrogens is 3. The van der Waals surface area contributed by atoms with Crippen molar-refractivity contribution in [2.75, 3.05) is 11.1 Å². The minimum absolute atomic E-state index is 0.0314. The van der Waals surface area contributed by atoms with E-state index in [9.17, 15) is 13.6 Å². The number of amides is 1. The van der Waals surface area contributed by atoms with E-state index in [0.29, 0.717) is 35.1 Å². The second-order valence-electron chi connectivity index (χ2n) is 9.71. The number of nitrogen functional groups attached to an aromatic ring is 1. The summed E-state index contributed by atoms with van der Waals surface area (Å²) in [6.07, 6.45) is 2.99. The van der Waals surface area contributed by atoms with Crippen LogP contribution in [0.15, 0.2) is 79.3 Å². The lowest BCUT2D eigenvalue weighted by Crippen LogP contribution is -2.24. The zero-order chi connectivity index (χ0) is 28.9. The molecular weight excluding hydrogens is 526 g/mol. The van der Waals surface area contributed by atoms with Crippen molar-refractivity contribution in [1.82, 2.24) is 20.3 Å². The maximum atomic E-state index is 13.5. The third-order valence-electron chi connectivity index (χ3n) is 6.29. The first-order valence-electron chi connectivity index (χ1n) is 13.0. The van der Waals surface area contributed by atoms with E-state index in [-0.39, 0.29) is 12.6 Å². The summed E-state index contributed by atoms with van der Waals surface area (Å²) in [6.45, 7) is 4.29. The van der Waals surface area contributed by atoms with Crippen LogP contribution in [0.25, 0.3) is 22.0 Å². The predicted octanol–water partition coefficient (Wildman–Crippen LogP) is 5.88. The van der Waals surface area contributed by atoms with Crippen LogP contribution in [0, 0.1) is 11.6 Å². The van der Waals surface area contributed by atoms with Crippen LogP contribution in [0.1, 0.15) is 35.3 Å². The van der Waals surface area contributed by atoms with Crippen molar-refractivity contribution in [2.24, 2.45) is 0 Å². The van der Waals surface area contributed by atoms with Gasteiger partial charge in [0.15, 0.2) is 11.6 Å². The molecule has 0 fully saturated rings. The minimum atomic E-state index is -0.969.